The summed E-state index contributed by atoms with van der Waals surface area (Å²) in [6, 6.07) is 19.2. The largest absolute Gasteiger partial charge is 0.418 e. The van der Waals surface area contributed by atoms with Crippen LogP contribution in [0.25, 0.3) is 22.0 Å². The third kappa shape index (κ3) is 3.86. The SMILES string of the molecule is O=C(Nc1ccc(Cl)cc1)c1cnc2c(C(F)(F)F)cccc2c1-c1ccccc1. The van der Waals surface area contributed by atoms with Crippen LogP contribution in [0.4, 0.5) is 18.9 Å². The van der Waals surface area contributed by atoms with Gasteiger partial charge in [-0.2, -0.15) is 13.2 Å². The Balaban J connectivity index is 1.91. The fraction of sp³-hybridized carbons (Fsp3) is 0.0435. The summed E-state index contributed by atoms with van der Waals surface area (Å²) in [5.74, 6) is -0.483. The second kappa shape index (κ2) is 7.80. The van der Waals surface area contributed by atoms with Crippen molar-refractivity contribution >= 4 is 34.1 Å². The quantitative estimate of drug-likeness (QED) is 0.390. The van der Waals surface area contributed by atoms with Gasteiger partial charge >= 0.3 is 6.18 Å². The summed E-state index contributed by atoms with van der Waals surface area (Å²) in [5, 5.41) is 3.51. The van der Waals surface area contributed by atoms with E-state index in [9.17, 15) is 18.0 Å². The smallest absolute Gasteiger partial charge is 0.322 e. The maximum atomic E-state index is 13.5. The first kappa shape index (κ1) is 19.9. The standard InChI is InChI=1S/C23H14ClF3N2O/c24-15-9-11-16(12-10-15)29-22(30)18-13-28-21-17(7-4-8-19(21)23(25,26)27)20(18)14-5-2-1-3-6-14/h1-13H,(H,29,30). The van der Waals surface area contributed by atoms with Gasteiger partial charge in [0.25, 0.3) is 5.91 Å². The summed E-state index contributed by atoms with van der Waals surface area (Å²) in [4.78, 5) is 17.0. The first-order chi connectivity index (χ1) is 14.3. The Morgan fingerprint density at radius 2 is 1.60 bits per heavy atom. The van der Waals surface area contributed by atoms with Gasteiger partial charge in [0.05, 0.1) is 16.6 Å². The van der Waals surface area contributed by atoms with E-state index in [-0.39, 0.29) is 16.5 Å². The molecule has 0 atom stereocenters. The first-order valence-electron chi connectivity index (χ1n) is 8.96. The second-order valence-electron chi connectivity index (χ2n) is 6.57. The van der Waals surface area contributed by atoms with Crippen LogP contribution >= 0.6 is 11.6 Å². The van der Waals surface area contributed by atoms with Gasteiger partial charge in [-0.3, -0.25) is 9.78 Å². The van der Waals surface area contributed by atoms with E-state index < -0.39 is 17.6 Å². The van der Waals surface area contributed by atoms with Crippen molar-refractivity contribution in [1.29, 1.82) is 0 Å². The Hall–Kier alpha value is -3.38. The average Bonchev–Trinajstić information content (AvgIpc) is 2.74. The molecule has 0 unspecified atom stereocenters. The molecule has 0 radical (unpaired) electrons. The molecule has 4 rings (SSSR count). The molecule has 0 bridgehead atoms. The van der Waals surface area contributed by atoms with E-state index in [4.69, 9.17) is 11.6 Å². The van der Waals surface area contributed by atoms with E-state index in [0.29, 0.717) is 21.8 Å². The topological polar surface area (TPSA) is 42.0 Å². The third-order valence-electron chi connectivity index (χ3n) is 4.61. The molecule has 7 heteroatoms. The predicted molar refractivity (Wildman–Crippen MR) is 112 cm³/mol. The molecule has 0 aliphatic carbocycles. The summed E-state index contributed by atoms with van der Waals surface area (Å²) < 4.78 is 40.5. The first-order valence-corrected chi connectivity index (χ1v) is 9.33. The highest BCUT2D eigenvalue weighted by Crippen LogP contribution is 2.38. The van der Waals surface area contributed by atoms with Gasteiger partial charge in [-0.25, -0.2) is 0 Å². The normalized spacial score (nSPS) is 11.5. The molecule has 0 fully saturated rings. The highest BCUT2D eigenvalue weighted by Gasteiger charge is 2.34. The Morgan fingerprint density at radius 1 is 0.900 bits per heavy atom. The number of rotatable bonds is 3. The fourth-order valence-corrected chi connectivity index (χ4v) is 3.40. The number of anilines is 1. The van der Waals surface area contributed by atoms with Gasteiger partial charge in [-0.1, -0.05) is 54.1 Å². The van der Waals surface area contributed by atoms with Gasteiger partial charge in [-0.05, 0) is 35.9 Å². The lowest BCUT2D eigenvalue weighted by molar-refractivity contribution is -0.136. The van der Waals surface area contributed by atoms with Gasteiger partial charge in [-0.15, -0.1) is 0 Å². The van der Waals surface area contributed by atoms with Crippen molar-refractivity contribution in [3.63, 3.8) is 0 Å². The van der Waals surface area contributed by atoms with Crippen LogP contribution in [0.2, 0.25) is 5.02 Å². The number of aromatic nitrogens is 1. The number of benzene rings is 3. The summed E-state index contributed by atoms with van der Waals surface area (Å²) in [6.07, 6.45) is -3.38. The molecule has 1 aromatic heterocycles. The number of pyridine rings is 1. The molecule has 150 valence electrons. The van der Waals surface area contributed by atoms with Gasteiger partial charge in [0.15, 0.2) is 0 Å². The fourth-order valence-electron chi connectivity index (χ4n) is 3.27. The van der Waals surface area contributed by atoms with Crippen molar-refractivity contribution in [3.05, 3.63) is 95.1 Å². The van der Waals surface area contributed by atoms with Crippen LogP contribution in [0.3, 0.4) is 0 Å². The predicted octanol–water partition coefficient (Wildman–Crippen LogP) is 6.83. The number of carbonyl (C=O) groups is 1. The zero-order valence-corrected chi connectivity index (χ0v) is 16.1. The Labute approximate surface area is 175 Å². The second-order valence-corrected chi connectivity index (χ2v) is 7.01. The number of nitrogens with one attached hydrogen (secondary N) is 1. The molecule has 1 heterocycles. The summed E-state index contributed by atoms with van der Waals surface area (Å²) >= 11 is 5.87. The average molecular weight is 427 g/mol. The van der Waals surface area contributed by atoms with Gasteiger partial charge in [0.2, 0.25) is 0 Å². The van der Waals surface area contributed by atoms with Gasteiger partial charge in [0.1, 0.15) is 0 Å². The summed E-state index contributed by atoms with van der Waals surface area (Å²) in [5.41, 5.74) is 0.632. The van der Waals surface area contributed by atoms with E-state index >= 15 is 0 Å². The van der Waals surface area contributed by atoms with Crippen molar-refractivity contribution in [3.8, 4) is 11.1 Å². The van der Waals surface area contributed by atoms with E-state index in [2.05, 4.69) is 10.3 Å². The molecular weight excluding hydrogens is 413 g/mol. The van der Waals surface area contributed by atoms with Crippen molar-refractivity contribution in [2.45, 2.75) is 6.18 Å². The minimum absolute atomic E-state index is 0.169. The molecule has 1 N–H and O–H groups in total. The van der Waals surface area contributed by atoms with Crippen LogP contribution in [-0.2, 0) is 6.18 Å². The Morgan fingerprint density at radius 3 is 2.27 bits per heavy atom. The number of amides is 1. The zero-order chi connectivity index (χ0) is 21.3. The van der Waals surface area contributed by atoms with Gasteiger partial charge < -0.3 is 5.32 Å². The molecule has 0 spiro atoms. The van der Waals surface area contributed by atoms with Gasteiger partial charge in [0, 0.05) is 27.9 Å². The van der Waals surface area contributed by atoms with Crippen molar-refractivity contribution in [2.24, 2.45) is 0 Å². The van der Waals surface area contributed by atoms with Crippen molar-refractivity contribution in [1.82, 2.24) is 4.98 Å². The number of halogens is 4. The molecule has 4 aromatic rings. The summed E-state index contributed by atoms with van der Waals surface area (Å²) in [7, 11) is 0. The molecule has 0 saturated carbocycles. The minimum atomic E-state index is -4.56. The zero-order valence-electron chi connectivity index (χ0n) is 15.4. The molecule has 0 aliphatic heterocycles. The van der Waals surface area contributed by atoms with Crippen LogP contribution in [0.1, 0.15) is 15.9 Å². The molecule has 3 aromatic carbocycles. The Kier molecular flexibility index (Phi) is 5.18. The number of para-hydroxylation sites is 1. The highest BCUT2D eigenvalue weighted by molar-refractivity contribution is 6.30. The molecule has 30 heavy (non-hydrogen) atoms. The maximum Gasteiger partial charge on any atom is 0.418 e. The minimum Gasteiger partial charge on any atom is -0.322 e. The monoisotopic (exact) mass is 426 g/mol. The molecular formula is C23H14ClF3N2O. The third-order valence-corrected chi connectivity index (χ3v) is 4.86. The van der Waals surface area contributed by atoms with E-state index in [1.165, 1.54) is 12.3 Å². The van der Waals surface area contributed by atoms with Crippen molar-refractivity contribution in [2.75, 3.05) is 5.32 Å². The molecule has 1 amide bonds. The number of alkyl halides is 3. The molecule has 0 aliphatic rings. The van der Waals surface area contributed by atoms with Crippen LogP contribution < -0.4 is 5.32 Å². The molecule has 0 saturated heterocycles. The number of carbonyl (C=O) groups excluding carboxylic acids is 1. The maximum absolute atomic E-state index is 13.5. The van der Waals surface area contributed by atoms with E-state index in [0.717, 1.165) is 6.07 Å². The van der Waals surface area contributed by atoms with Crippen LogP contribution in [0, 0.1) is 0 Å². The lowest BCUT2D eigenvalue weighted by Gasteiger charge is -2.16. The number of hydrogen-bond acceptors (Lipinski definition) is 2. The highest BCUT2D eigenvalue weighted by atomic mass is 35.5. The Bertz CT molecular complexity index is 1220. The number of fused-ring (bicyclic) bond motifs is 1. The molecule has 3 nitrogen and oxygen atoms in total. The van der Waals surface area contributed by atoms with Crippen LogP contribution in [0.15, 0.2) is 79.0 Å². The van der Waals surface area contributed by atoms with Crippen molar-refractivity contribution < 1.29 is 18.0 Å². The van der Waals surface area contributed by atoms with E-state index in [1.54, 1.807) is 60.7 Å². The number of nitrogens with zero attached hydrogens (tertiary/aromatic N) is 1. The van der Waals surface area contributed by atoms with Crippen LogP contribution in [0.5, 0.6) is 0 Å². The van der Waals surface area contributed by atoms with E-state index in [1.807, 2.05) is 0 Å². The lowest BCUT2D eigenvalue weighted by atomic mass is 9.94. The number of hydrogen-bond donors (Lipinski definition) is 1. The van der Waals surface area contributed by atoms with Crippen LogP contribution in [-0.4, -0.2) is 10.9 Å². The lowest BCUT2D eigenvalue weighted by Crippen LogP contribution is -2.15. The summed E-state index contributed by atoms with van der Waals surface area (Å²) in [6.45, 7) is 0.